The molecule has 0 fully saturated rings. The normalized spacial score (nSPS) is 13.2. The van der Waals surface area contributed by atoms with Gasteiger partial charge in [-0.05, 0) is 78.2 Å². The van der Waals surface area contributed by atoms with Gasteiger partial charge < -0.3 is 9.47 Å². The lowest BCUT2D eigenvalue weighted by Crippen LogP contribution is -2.22. The van der Waals surface area contributed by atoms with Crippen molar-refractivity contribution in [3.8, 4) is 0 Å². The van der Waals surface area contributed by atoms with E-state index in [1.807, 2.05) is 26.8 Å². The van der Waals surface area contributed by atoms with Crippen molar-refractivity contribution >= 4 is 11.9 Å². The molecular weight excluding hydrogens is 376 g/mol. The highest BCUT2D eigenvalue weighted by molar-refractivity contribution is 5.72. The predicted molar refractivity (Wildman–Crippen MR) is 125 cm³/mol. The Morgan fingerprint density at radius 2 is 1.37 bits per heavy atom. The molecule has 0 aromatic heterocycles. The lowest BCUT2D eigenvalue weighted by Gasteiger charge is -2.19. The minimum absolute atomic E-state index is 0.0476. The van der Waals surface area contributed by atoms with Crippen LogP contribution in [0.2, 0.25) is 0 Å². The molecule has 0 rings (SSSR count). The van der Waals surface area contributed by atoms with Gasteiger partial charge in [0.1, 0.15) is 12.7 Å². The monoisotopic (exact) mass is 420 g/mol. The van der Waals surface area contributed by atoms with E-state index in [2.05, 4.69) is 39.8 Å². The molecule has 0 bridgehead atoms. The fourth-order valence-electron chi connectivity index (χ4n) is 2.98. The zero-order valence-electron chi connectivity index (χ0n) is 20.4. The van der Waals surface area contributed by atoms with Gasteiger partial charge in [-0.25, -0.2) is 0 Å². The molecule has 0 saturated heterocycles. The van der Waals surface area contributed by atoms with Gasteiger partial charge in [0.2, 0.25) is 0 Å². The smallest absolute Gasteiger partial charge is 0.306 e. The Kier molecular flexibility index (Phi) is 15.9. The molecule has 0 heterocycles. The van der Waals surface area contributed by atoms with Crippen LogP contribution in [0.3, 0.4) is 0 Å². The third kappa shape index (κ3) is 16.0. The Morgan fingerprint density at radius 1 is 0.800 bits per heavy atom. The van der Waals surface area contributed by atoms with Crippen LogP contribution in [0, 0.1) is 5.92 Å². The van der Waals surface area contributed by atoms with Crippen molar-refractivity contribution in [1.29, 1.82) is 0 Å². The fourth-order valence-corrected chi connectivity index (χ4v) is 2.98. The molecule has 30 heavy (non-hydrogen) atoms. The Labute approximate surface area is 184 Å². The number of allylic oxidation sites excluding steroid dienone is 5. The minimum atomic E-state index is -0.266. The maximum absolute atomic E-state index is 11.8. The quantitative estimate of drug-likeness (QED) is 0.209. The summed E-state index contributed by atoms with van der Waals surface area (Å²) in [5, 5.41) is 0. The Hall–Kier alpha value is -1.84. The van der Waals surface area contributed by atoms with E-state index in [0.29, 0.717) is 18.9 Å². The molecule has 0 aliphatic rings. The van der Waals surface area contributed by atoms with Crippen LogP contribution in [0.25, 0.3) is 0 Å². The van der Waals surface area contributed by atoms with Crippen LogP contribution in [0.4, 0.5) is 0 Å². The summed E-state index contributed by atoms with van der Waals surface area (Å²) in [6, 6.07) is 0. The number of carbonyl (C=O) groups is 2. The van der Waals surface area contributed by atoms with E-state index in [1.165, 1.54) is 16.7 Å². The van der Waals surface area contributed by atoms with Gasteiger partial charge in [0.25, 0.3) is 0 Å². The maximum Gasteiger partial charge on any atom is 0.306 e. The highest BCUT2D eigenvalue weighted by atomic mass is 16.5. The number of carbonyl (C=O) groups excluding carboxylic acids is 2. The highest BCUT2D eigenvalue weighted by Crippen LogP contribution is 2.13. The number of ether oxygens (including phenoxy) is 2. The first-order chi connectivity index (χ1) is 14.1. The first kappa shape index (κ1) is 28.2. The predicted octanol–water partition coefficient (Wildman–Crippen LogP) is 7.10. The van der Waals surface area contributed by atoms with Crippen molar-refractivity contribution in [3.63, 3.8) is 0 Å². The SMILES string of the molecule is CCC(OC(=O)CCCC(=O)OC/C=C(\C)CC/C=C(\C)CCC=C(C)C)C(C)C. The second kappa shape index (κ2) is 16.9. The summed E-state index contributed by atoms with van der Waals surface area (Å²) < 4.78 is 10.7. The first-order valence-electron chi connectivity index (χ1n) is 11.4. The zero-order valence-corrected chi connectivity index (χ0v) is 20.4. The van der Waals surface area contributed by atoms with Crippen molar-refractivity contribution in [2.24, 2.45) is 5.92 Å². The van der Waals surface area contributed by atoms with Gasteiger partial charge in [-0.1, -0.05) is 49.6 Å². The Balaban J connectivity index is 3.98. The largest absolute Gasteiger partial charge is 0.462 e. The van der Waals surface area contributed by atoms with E-state index >= 15 is 0 Å². The zero-order chi connectivity index (χ0) is 22.9. The van der Waals surface area contributed by atoms with Crippen molar-refractivity contribution in [1.82, 2.24) is 0 Å². The summed E-state index contributed by atoms with van der Waals surface area (Å²) in [4.78, 5) is 23.7. The van der Waals surface area contributed by atoms with Crippen LogP contribution < -0.4 is 0 Å². The van der Waals surface area contributed by atoms with E-state index in [9.17, 15) is 9.59 Å². The van der Waals surface area contributed by atoms with Crippen LogP contribution in [-0.4, -0.2) is 24.6 Å². The average molecular weight is 421 g/mol. The molecule has 1 atom stereocenters. The molecule has 1 unspecified atom stereocenters. The van der Waals surface area contributed by atoms with E-state index in [0.717, 1.165) is 32.1 Å². The lowest BCUT2D eigenvalue weighted by atomic mass is 10.1. The third-order valence-electron chi connectivity index (χ3n) is 4.99. The standard InChI is InChI=1S/C26H44O4/c1-8-24(21(4)5)30-26(28)17-11-16-25(27)29-19-18-23(7)15-10-14-22(6)13-9-12-20(2)3/h12,14,18,21,24H,8-11,13,15-17,19H2,1-7H3/b22-14+,23-18+. The van der Waals surface area contributed by atoms with Crippen molar-refractivity contribution in [2.45, 2.75) is 106 Å². The van der Waals surface area contributed by atoms with Crippen molar-refractivity contribution in [2.75, 3.05) is 6.61 Å². The molecule has 172 valence electrons. The minimum Gasteiger partial charge on any atom is -0.462 e. The molecule has 0 aliphatic heterocycles. The number of esters is 2. The van der Waals surface area contributed by atoms with Gasteiger partial charge in [0.05, 0.1) is 0 Å². The van der Waals surface area contributed by atoms with Gasteiger partial charge in [-0.3, -0.25) is 9.59 Å². The molecule has 0 aromatic carbocycles. The number of rotatable bonds is 15. The third-order valence-corrected chi connectivity index (χ3v) is 4.99. The van der Waals surface area contributed by atoms with Gasteiger partial charge in [0, 0.05) is 12.8 Å². The number of hydrogen-bond acceptors (Lipinski definition) is 4. The van der Waals surface area contributed by atoms with Gasteiger partial charge in [-0.15, -0.1) is 0 Å². The average Bonchev–Trinajstić information content (AvgIpc) is 2.65. The van der Waals surface area contributed by atoms with E-state index in [1.54, 1.807) is 0 Å². The van der Waals surface area contributed by atoms with Crippen LogP contribution in [0.15, 0.2) is 34.9 Å². The fraction of sp³-hybridized carbons (Fsp3) is 0.692. The summed E-state index contributed by atoms with van der Waals surface area (Å²) in [5.41, 5.74) is 4.01. The Bertz CT molecular complexity index is 592. The van der Waals surface area contributed by atoms with Crippen LogP contribution >= 0.6 is 0 Å². The molecule has 4 heteroatoms. The molecule has 0 N–H and O–H groups in total. The molecular formula is C26H44O4. The Morgan fingerprint density at radius 3 is 1.93 bits per heavy atom. The topological polar surface area (TPSA) is 52.6 Å². The maximum atomic E-state index is 11.8. The lowest BCUT2D eigenvalue weighted by molar-refractivity contribution is -0.151. The summed E-state index contributed by atoms with van der Waals surface area (Å²) in [6.07, 6.45) is 12.4. The van der Waals surface area contributed by atoms with E-state index in [-0.39, 0.29) is 30.9 Å². The van der Waals surface area contributed by atoms with E-state index < -0.39 is 0 Å². The van der Waals surface area contributed by atoms with Crippen molar-refractivity contribution in [3.05, 3.63) is 34.9 Å². The molecule has 0 radical (unpaired) electrons. The van der Waals surface area contributed by atoms with Gasteiger partial charge in [-0.2, -0.15) is 0 Å². The molecule has 0 aliphatic carbocycles. The first-order valence-corrected chi connectivity index (χ1v) is 11.4. The summed E-state index contributed by atoms with van der Waals surface area (Å²) >= 11 is 0. The molecule has 0 amide bonds. The summed E-state index contributed by atoms with van der Waals surface area (Å²) in [6.45, 7) is 14.9. The molecule has 4 nitrogen and oxygen atoms in total. The van der Waals surface area contributed by atoms with Crippen LogP contribution in [0.1, 0.15) is 99.8 Å². The molecule has 0 spiro atoms. The van der Waals surface area contributed by atoms with Crippen molar-refractivity contribution < 1.29 is 19.1 Å². The second-order valence-corrected chi connectivity index (χ2v) is 8.68. The van der Waals surface area contributed by atoms with Crippen LogP contribution in [0.5, 0.6) is 0 Å². The van der Waals surface area contributed by atoms with Gasteiger partial charge >= 0.3 is 11.9 Å². The molecule has 0 saturated carbocycles. The summed E-state index contributed by atoms with van der Waals surface area (Å²) in [7, 11) is 0. The van der Waals surface area contributed by atoms with Gasteiger partial charge in [0.15, 0.2) is 0 Å². The van der Waals surface area contributed by atoms with Crippen LogP contribution in [-0.2, 0) is 19.1 Å². The summed E-state index contributed by atoms with van der Waals surface area (Å²) in [5.74, 6) is -0.193. The molecule has 0 aromatic rings. The number of hydrogen-bond donors (Lipinski definition) is 0. The van der Waals surface area contributed by atoms with E-state index in [4.69, 9.17) is 9.47 Å². The highest BCUT2D eigenvalue weighted by Gasteiger charge is 2.16. The second-order valence-electron chi connectivity index (χ2n) is 8.68.